The van der Waals surface area contributed by atoms with Crippen molar-refractivity contribution in [1.82, 2.24) is 10.2 Å². The lowest BCUT2D eigenvalue weighted by Gasteiger charge is -2.44. The van der Waals surface area contributed by atoms with Crippen molar-refractivity contribution >= 4 is 11.8 Å². The maximum absolute atomic E-state index is 6.18. The van der Waals surface area contributed by atoms with E-state index in [0.29, 0.717) is 6.04 Å². The predicted molar refractivity (Wildman–Crippen MR) is 86.5 cm³/mol. The van der Waals surface area contributed by atoms with Crippen molar-refractivity contribution in [3.05, 3.63) is 0 Å². The molecule has 0 aromatic heterocycles. The average Bonchev–Trinajstić information content (AvgIpc) is 2.48. The van der Waals surface area contributed by atoms with Crippen LogP contribution in [0, 0.1) is 5.92 Å². The molecule has 0 aromatic rings. The van der Waals surface area contributed by atoms with Crippen LogP contribution in [0.4, 0.5) is 0 Å². The fourth-order valence-corrected chi connectivity index (χ4v) is 5.13. The number of likely N-dealkylation sites (tertiary alicyclic amines) is 1. The summed E-state index contributed by atoms with van der Waals surface area (Å²) in [7, 11) is 2.24. The number of piperidine rings is 1. The Balaban J connectivity index is 1.43. The maximum atomic E-state index is 6.18. The van der Waals surface area contributed by atoms with Gasteiger partial charge in [-0.1, -0.05) is 0 Å². The lowest BCUT2D eigenvalue weighted by atomic mass is 9.85. The summed E-state index contributed by atoms with van der Waals surface area (Å²) in [6.45, 7) is 4.75. The topological polar surface area (TPSA) is 24.5 Å². The third-order valence-electron chi connectivity index (χ3n) is 5.43. The van der Waals surface area contributed by atoms with Crippen molar-refractivity contribution in [3.63, 3.8) is 0 Å². The van der Waals surface area contributed by atoms with E-state index in [1.54, 1.807) is 0 Å². The molecule has 116 valence electrons. The van der Waals surface area contributed by atoms with E-state index < -0.39 is 0 Å². The summed E-state index contributed by atoms with van der Waals surface area (Å²) in [6, 6.07) is 0.700. The van der Waals surface area contributed by atoms with Crippen molar-refractivity contribution in [1.29, 1.82) is 0 Å². The first kappa shape index (κ1) is 15.1. The second kappa shape index (κ2) is 6.99. The van der Waals surface area contributed by atoms with Gasteiger partial charge in [0.1, 0.15) is 0 Å². The van der Waals surface area contributed by atoms with Gasteiger partial charge >= 0.3 is 0 Å². The lowest BCUT2D eigenvalue weighted by molar-refractivity contribution is -0.0935. The van der Waals surface area contributed by atoms with E-state index in [0.717, 1.165) is 12.5 Å². The monoisotopic (exact) mass is 298 g/mol. The number of nitrogens with zero attached hydrogens (tertiary/aromatic N) is 1. The summed E-state index contributed by atoms with van der Waals surface area (Å²) in [5.41, 5.74) is 0.230. The van der Waals surface area contributed by atoms with Crippen molar-refractivity contribution < 1.29 is 4.74 Å². The minimum atomic E-state index is 0.230. The highest BCUT2D eigenvalue weighted by Crippen LogP contribution is 2.37. The molecular weight excluding hydrogens is 268 g/mol. The van der Waals surface area contributed by atoms with Gasteiger partial charge < -0.3 is 15.0 Å². The van der Waals surface area contributed by atoms with Crippen molar-refractivity contribution in [2.24, 2.45) is 5.92 Å². The van der Waals surface area contributed by atoms with Gasteiger partial charge in [0.25, 0.3) is 0 Å². The molecule has 0 bridgehead atoms. The number of hydrogen-bond acceptors (Lipinski definition) is 4. The van der Waals surface area contributed by atoms with Crippen LogP contribution in [0.15, 0.2) is 0 Å². The smallest absolute Gasteiger partial charge is 0.0713 e. The largest absolute Gasteiger partial charge is 0.375 e. The molecule has 0 aromatic carbocycles. The SMILES string of the molecule is CN1CCC(CNC2CCOC3(CCSCC3)C2)CC1. The average molecular weight is 298 g/mol. The number of nitrogens with one attached hydrogen (secondary N) is 1. The van der Waals surface area contributed by atoms with Gasteiger partial charge in [-0.3, -0.25) is 0 Å². The number of hydrogen-bond donors (Lipinski definition) is 1. The van der Waals surface area contributed by atoms with E-state index in [2.05, 4.69) is 29.0 Å². The quantitative estimate of drug-likeness (QED) is 0.864. The van der Waals surface area contributed by atoms with Crippen LogP contribution in [-0.2, 0) is 4.74 Å². The van der Waals surface area contributed by atoms with Gasteiger partial charge in [0, 0.05) is 12.6 Å². The number of ether oxygens (including phenoxy) is 1. The summed E-state index contributed by atoms with van der Waals surface area (Å²) in [4.78, 5) is 2.46. The first-order valence-corrected chi connectivity index (χ1v) is 9.55. The fourth-order valence-electron chi connectivity index (χ4n) is 3.89. The molecule has 3 fully saturated rings. The van der Waals surface area contributed by atoms with Crippen molar-refractivity contribution in [2.45, 2.75) is 50.2 Å². The van der Waals surface area contributed by atoms with Gasteiger partial charge in [0.2, 0.25) is 0 Å². The molecule has 0 saturated carbocycles. The zero-order valence-corrected chi connectivity index (χ0v) is 13.7. The minimum absolute atomic E-state index is 0.230. The molecule has 3 rings (SSSR count). The molecule has 3 aliphatic heterocycles. The van der Waals surface area contributed by atoms with Crippen LogP contribution in [0.25, 0.3) is 0 Å². The molecule has 4 heteroatoms. The Morgan fingerprint density at radius 2 is 1.95 bits per heavy atom. The lowest BCUT2D eigenvalue weighted by Crippen LogP contribution is -2.50. The van der Waals surface area contributed by atoms with Crippen LogP contribution in [0.2, 0.25) is 0 Å². The Kier molecular flexibility index (Phi) is 5.29. The molecule has 3 saturated heterocycles. The van der Waals surface area contributed by atoms with E-state index in [-0.39, 0.29) is 5.60 Å². The zero-order chi connectivity index (χ0) is 13.8. The maximum Gasteiger partial charge on any atom is 0.0713 e. The third kappa shape index (κ3) is 3.90. The molecule has 3 nitrogen and oxygen atoms in total. The Labute approximate surface area is 128 Å². The van der Waals surface area contributed by atoms with Crippen LogP contribution >= 0.6 is 11.8 Å². The Bertz CT molecular complexity index is 293. The van der Waals surface area contributed by atoms with Gasteiger partial charge in [0.05, 0.1) is 5.60 Å². The van der Waals surface area contributed by atoms with Gasteiger partial charge in [-0.15, -0.1) is 0 Å². The van der Waals surface area contributed by atoms with Crippen LogP contribution in [-0.4, -0.2) is 61.3 Å². The van der Waals surface area contributed by atoms with Gasteiger partial charge in [-0.2, -0.15) is 11.8 Å². The predicted octanol–water partition coefficient (Wildman–Crippen LogP) is 2.36. The third-order valence-corrected chi connectivity index (χ3v) is 6.42. The molecular formula is C16H30N2OS. The Hall–Kier alpha value is 0.230. The minimum Gasteiger partial charge on any atom is -0.375 e. The number of thioether (sulfide) groups is 1. The van der Waals surface area contributed by atoms with Crippen LogP contribution in [0.5, 0.6) is 0 Å². The zero-order valence-electron chi connectivity index (χ0n) is 12.9. The molecule has 1 N–H and O–H groups in total. The standard InChI is InChI=1S/C16H30N2OS/c1-18-7-2-14(3-8-18)13-17-15-4-9-19-16(12-15)5-10-20-11-6-16/h14-15,17H,2-13H2,1H3. The van der Waals surface area contributed by atoms with E-state index in [9.17, 15) is 0 Å². The first-order chi connectivity index (χ1) is 9.76. The highest BCUT2D eigenvalue weighted by Gasteiger charge is 2.38. The van der Waals surface area contributed by atoms with E-state index in [1.165, 1.54) is 69.7 Å². The summed E-state index contributed by atoms with van der Waals surface area (Å²) < 4.78 is 6.18. The van der Waals surface area contributed by atoms with Crippen LogP contribution in [0.3, 0.4) is 0 Å². The number of rotatable bonds is 3. The van der Waals surface area contributed by atoms with Gasteiger partial charge in [-0.05, 0) is 82.6 Å². The highest BCUT2D eigenvalue weighted by molar-refractivity contribution is 7.99. The second-order valence-corrected chi connectivity index (χ2v) is 8.21. The molecule has 3 aliphatic rings. The highest BCUT2D eigenvalue weighted by atomic mass is 32.2. The second-order valence-electron chi connectivity index (χ2n) is 6.99. The molecule has 0 radical (unpaired) electrons. The fraction of sp³-hybridized carbons (Fsp3) is 1.00. The van der Waals surface area contributed by atoms with E-state index >= 15 is 0 Å². The Morgan fingerprint density at radius 3 is 2.70 bits per heavy atom. The molecule has 1 atom stereocenters. The summed E-state index contributed by atoms with van der Waals surface area (Å²) in [5.74, 6) is 3.48. The Morgan fingerprint density at radius 1 is 1.20 bits per heavy atom. The first-order valence-electron chi connectivity index (χ1n) is 8.39. The van der Waals surface area contributed by atoms with Crippen molar-refractivity contribution in [2.75, 3.05) is 44.8 Å². The van der Waals surface area contributed by atoms with Gasteiger partial charge in [-0.25, -0.2) is 0 Å². The molecule has 0 amide bonds. The van der Waals surface area contributed by atoms with E-state index in [1.807, 2.05) is 0 Å². The molecule has 20 heavy (non-hydrogen) atoms. The van der Waals surface area contributed by atoms with Crippen LogP contribution < -0.4 is 5.32 Å². The molecule has 1 unspecified atom stereocenters. The van der Waals surface area contributed by atoms with Crippen molar-refractivity contribution in [3.8, 4) is 0 Å². The summed E-state index contributed by atoms with van der Waals surface area (Å²) in [5, 5.41) is 3.87. The molecule has 1 spiro atoms. The normalized spacial score (nSPS) is 32.5. The molecule has 0 aliphatic carbocycles. The summed E-state index contributed by atoms with van der Waals surface area (Å²) in [6.07, 6.45) is 7.73. The van der Waals surface area contributed by atoms with Crippen LogP contribution in [0.1, 0.15) is 38.5 Å². The summed E-state index contributed by atoms with van der Waals surface area (Å²) >= 11 is 2.09. The van der Waals surface area contributed by atoms with E-state index in [4.69, 9.17) is 4.74 Å². The van der Waals surface area contributed by atoms with Gasteiger partial charge in [0.15, 0.2) is 0 Å². The molecule has 3 heterocycles.